The molecule has 0 atom stereocenters. The number of benzene rings is 2. The molecule has 2 nitrogen and oxygen atoms in total. The Morgan fingerprint density at radius 1 is 1.00 bits per heavy atom. The monoisotopic (exact) mass is 293 g/mol. The molecule has 0 unspecified atom stereocenters. The Kier molecular flexibility index (Phi) is 4.92. The molecule has 0 amide bonds. The summed E-state index contributed by atoms with van der Waals surface area (Å²) in [7, 11) is 0. The summed E-state index contributed by atoms with van der Waals surface area (Å²) in [5, 5.41) is 0. The van der Waals surface area contributed by atoms with Crippen molar-refractivity contribution in [3.05, 3.63) is 71.8 Å². The lowest BCUT2D eigenvalue weighted by Crippen LogP contribution is -2.29. The Labute approximate surface area is 133 Å². The van der Waals surface area contributed by atoms with E-state index in [2.05, 4.69) is 65.6 Å². The van der Waals surface area contributed by atoms with Crippen molar-refractivity contribution < 1.29 is 4.74 Å². The SMILES string of the molecule is CCOc1ccc(C2=CCCN(Cc3ccccc3)C2)cc1. The van der Waals surface area contributed by atoms with E-state index in [0.29, 0.717) is 6.61 Å². The van der Waals surface area contributed by atoms with Gasteiger partial charge in [0, 0.05) is 19.6 Å². The molecule has 1 aliphatic heterocycles. The van der Waals surface area contributed by atoms with Crippen LogP contribution in [0.25, 0.3) is 5.57 Å². The van der Waals surface area contributed by atoms with Crippen molar-refractivity contribution in [2.75, 3.05) is 19.7 Å². The first-order valence-corrected chi connectivity index (χ1v) is 8.03. The number of ether oxygens (including phenoxy) is 1. The molecule has 0 aromatic heterocycles. The maximum absolute atomic E-state index is 5.52. The summed E-state index contributed by atoms with van der Waals surface area (Å²) in [6, 6.07) is 19.2. The highest BCUT2D eigenvalue weighted by molar-refractivity contribution is 5.68. The summed E-state index contributed by atoms with van der Waals surface area (Å²) < 4.78 is 5.52. The average molecular weight is 293 g/mol. The molecule has 0 saturated heterocycles. The van der Waals surface area contributed by atoms with Crippen LogP contribution in [0.1, 0.15) is 24.5 Å². The zero-order valence-electron chi connectivity index (χ0n) is 13.2. The molecule has 22 heavy (non-hydrogen) atoms. The van der Waals surface area contributed by atoms with E-state index in [9.17, 15) is 0 Å². The summed E-state index contributed by atoms with van der Waals surface area (Å²) in [6.45, 7) is 5.90. The number of nitrogens with zero attached hydrogens (tertiary/aromatic N) is 1. The lowest BCUT2D eigenvalue weighted by molar-refractivity contribution is 0.296. The van der Waals surface area contributed by atoms with Gasteiger partial charge in [0.15, 0.2) is 0 Å². The van der Waals surface area contributed by atoms with Crippen LogP contribution in [0.5, 0.6) is 5.75 Å². The molecule has 1 aliphatic rings. The molecule has 2 aromatic carbocycles. The molecule has 0 spiro atoms. The summed E-state index contributed by atoms with van der Waals surface area (Å²) in [4.78, 5) is 2.52. The number of hydrogen-bond donors (Lipinski definition) is 0. The van der Waals surface area contributed by atoms with Crippen LogP contribution in [0.3, 0.4) is 0 Å². The van der Waals surface area contributed by atoms with Gasteiger partial charge < -0.3 is 4.74 Å². The third-order valence-corrected chi connectivity index (χ3v) is 4.02. The van der Waals surface area contributed by atoms with E-state index < -0.39 is 0 Å². The average Bonchev–Trinajstić information content (AvgIpc) is 2.57. The van der Waals surface area contributed by atoms with Gasteiger partial charge in [0.05, 0.1) is 6.61 Å². The van der Waals surface area contributed by atoms with Gasteiger partial charge in [-0.15, -0.1) is 0 Å². The normalized spacial score (nSPS) is 15.4. The van der Waals surface area contributed by atoms with Gasteiger partial charge in [0.1, 0.15) is 5.75 Å². The van der Waals surface area contributed by atoms with Gasteiger partial charge in [-0.25, -0.2) is 0 Å². The van der Waals surface area contributed by atoms with Crippen LogP contribution >= 0.6 is 0 Å². The van der Waals surface area contributed by atoms with Crippen LogP contribution < -0.4 is 4.74 Å². The van der Waals surface area contributed by atoms with Gasteiger partial charge in [-0.2, -0.15) is 0 Å². The highest BCUT2D eigenvalue weighted by Gasteiger charge is 2.14. The van der Waals surface area contributed by atoms with E-state index in [1.54, 1.807) is 0 Å². The predicted molar refractivity (Wildman–Crippen MR) is 91.9 cm³/mol. The first-order valence-electron chi connectivity index (χ1n) is 8.03. The van der Waals surface area contributed by atoms with Crippen LogP contribution in [0.15, 0.2) is 60.7 Å². The zero-order valence-corrected chi connectivity index (χ0v) is 13.2. The van der Waals surface area contributed by atoms with Crippen LogP contribution in [0.4, 0.5) is 0 Å². The molecule has 1 heterocycles. The van der Waals surface area contributed by atoms with Gasteiger partial charge in [-0.1, -0.05) is 48.5 Å². The van der Waals surface area contributed by atoms with Gasteiger partial charge in [0.25, 0.3) is 0 Å². The van der Waals surface area contributed by atoms with Crippen molar-refractivity contribution in [1.29, 1.82) is 0 Å². The second-order valence-corrected chi connectivity index (χ2v) is 5.67. The van der Waals surface area contributed by atoms with Crippen molar-refractivity contribution in [3.63, 3.8) is 0 Å². The topological polar surface area (TPSA) is 12.5 Å². The fraction of sp³-hybridized carbons (Fsp3) is 0.300. The maximum atomic E-state index is 5.52. The smallest absolute Gasteiger partial charge is 0.119 e. The molecule has 0 bridgehead atoms. The van der Waals surface area contributed by atoms with Crippen molar-refractivity contribution in [3.8, 4) is 5.75 Å². The first kappa shape index (κ1) is 14.9. The maximum Gasteiger partial charge on any atom is 0.119 e. The van der Waals surface area contributed by atoms with Crippen LogP contribution in [-0.2, 0) is 6.54 Å². The minimum absolute atomic E-state index is 0.715. The van der Waals surface area contributed by atoms with E-state index >= 15 is 0 Å². The quantitative estimate of drug-likeness (QED) is 0.811. The zero-order chi connectivity index (χ0) is 15.2. The van der Waals surface area contributed by atoms with Gasteiger partial charge in [-0.3, -0.25) is 4.90 Å². The Balaban J connectivity index is 1.66. The third-order valence-electron chi connectivity index (χ3n) is 4.02. The van der Waals surface area contributed by atoms with Crippen molar-refractivity contribution >= 4 is 5.57 Å². The molecular weight excluding hydrogens is 270 g/mol. The summed E-state index contributed by atoms with van der Waals surface area (Å²) in [6.07, 6.45) is 3.49. The van der Waals surface area contributed by atoms with E-state index in [1.807, 2.05) is 6.92 Å². The summed E-state index contributed by atoms with van der Waals surface area (Å²) in [5.74, 6) is 0.948. The van der Waals surface area contributed by atoms with Gasteiger partial charge >= 0.3 is 0 Å². The van der Waals surface area contributed by atoms with Crippen LogP contribution in [0, 0.1) is 0 Å². The minimum atomic E-state index is 0.715. The molecule has 2 aromatic rings. The van der Waals surface area contributed by atoms with E-state index in [-0.39, 0.29) is 0 Å². The predicted octanol–water partition coefficient (Wildman–Crippen LogP) is 4.37. The standard InChI is InChI=1S/C20H23NO/c1-2-22-20-12-10-18(11-13-20)19-9-6-14-21(16-19)15-17-7-4-3-5-8-17/h3-5,7-13H,2,6,14-16H2,1H3. The second-order valence-electron chi connectivity index (χ2n) is 5.67. The molecule has 0 N–H and O–H groups in total. The van der Waals surface area contributed by atoms with Crippen molar-refractivity contribution in [2.45, 2.75) is 19.9 Å². The summed E-state index contributed by atoms with van der Waals surface area (Å²) >= 11 is 0. The fourth-order valence-electron chi connectivity index (χ4n) is 2.92. The largest absolute Gasteiger partial charge is 0.494 e. The highest BCUT2D eigenvalue weighted by atomic mass is 16.5. The van der Waals surface area contributed by atoms with E-state index in [4.69, 9.17) is 4.74 Å². The number of rotatable bonds is 5. The minimum Gasteiger partial charge on any atom is -0.494 e. The lowest BCUT2D eigenvalue weighted by atomic mass is 10.0. The second kappa shape index (κ2) is 7.28. The molecule has 3 rings (SSSR count). The Bertz CT molecular complexity index is 616. The van der Waals surface area contributed by atoms with Crippen LogP contribution in [-0.4, -0.2) is 24.6 Å². The third kappa shape index (κ3) is 3.77. The molecule has 0 saturated carbocycles. The van der Waals surface area contributed by atoms with E-state index in [1.165, 1.54) is 16.7 Å². The highest BCUT2D eigenvalue weighted by Crippen LogP contribution is 2.24. The number of hydrogen-bond acceptors (Lipinski definition) is 2. The van der Waals surface area contributed by atoms with Gasteiger partial charge in [0.2, 0.25) is 0 Å². The lowest BCUT2D eigenvalue weighted by Gasteiger charge is -2.27. The molecule has 0 radical (unpaired) electrons. The molecule has 2 heteroatoms. The van der Waals surface area contributed by atoms with Gasteiger partial charge in [-0.05, 0) is 42.2 Å². The Morgan fingerprint density at radius 3 is 2.50 bits per heavy atom. The van der Waals surface area contributed by atoms with Crippen molar-refractivity contribution in [2.24, 2.45) is 0 Å². The first-order chi connectivity index (χ1) is 10.8. The molecule has 0 aliphatic carbocycles. The molecular formula is C20H23NO. The molecule has 0 fully saturated rings. The van der Waals surface area contributed by atoms with Crippen molar-refractivity contribution in [1.82, 2.24) is 4.90 Å². The van der Waals surface area contributed by atoms with Crippen LogP contribution in [0.2, 0.25) is 0 Å². The molecule has 114 valence electrons. The van der Waals surface area contributed by atoms with E-state index in [0.717, 1.165) is 31.8 Å². The summed E-state index contributed by atoms with van der Waals surface area (Å²) in [5.41, 5.74) is 4.11. The Hall–Kier alpha value is -2.06. The fourth-order valence-corrected chi connectivity index (χ4v) is 2.92. The Morgan fingerprint density at radius 2 is 1.77 bits per heavy atom.